The van der Waals surface area contributed by atoms with E-state index in [1.165, 1.54) is 17.4 Å². The Kier molecular flexibility index (Phi) is 9.99. The average molecular weight is 614 g/mol. The molecule has 228 valence electrons. The number of esters is 1. The van der Waals surface area contributed by atoms with Crippen LogP contribution in [0.15, 0.2) is 47.9 Å². The Balaban J connectivity index is 1.96. The van der Waals surface area contributed by atoms with Crippen LogP contribution < -0.4 is 0 Å². The van der Waals surface area contributed by atoms with Gasteiger partial charge in [-0.1, -0.05) is 56.3 Å². The van der Waals surface area contributed by atoms with E-state index in [1.54, 1.807) is 26.0 Å². The summed E-state index contributed by atoms with van der Waals surface area (Å²) >= 11 is 1.43. The molecule has 3 rings (SSSR count). The molecule has 0 bridgehead atoms. The smallest absolute Gasteiger partial charge is 0.430 e. The number of rotatable bonds is 10. The van der Waals surface area contributed by atoms with Gasteiger partial charge in [0.1, 0.15) is 5.01 Å². The Morgan fingerprint density at radius 3 is 2.00 bits per heavy atom. The lowest BCUT2D eigenvalue weighted by Crippen LogP contribution is -2.55. The molecule has 0 aliphatic carbocycles. The molecule has 0 aliphatic rings. The summed E-state index contributed by atoms with van der Waals surface area (Å²) in [7, 11) is 0. The fourth-order valence-corrected chi connectivity index (χ4v) is 5.94. The van der Waals surface area contributed by atoms with E-state index in [9.17, 15) is 36.2 Å². The number of thiazole rings is 1. The number of aryl methyl sites for hydroxylation is 2. The zero-order valence-electron chi connectivity index (χ0n) is 23.9. The highest BCUT2D eigenvalue weighted by Crippen LogP contribution is 2.45. The van der Waals surface area contributed by atoms with Crippen LogP contribution in [0.4, 0.5) is 26.3 Å². The minimum Gasteiger partial charge on any atom is -0.466 e. The summed E-state index contributed by atoms with van der Waals surface area (Å²) < 4.78 is 83.7. The summed E-state index contributed by atoms with van der Waals surface area (Å²) in [5.74, 6) is -0.342. The van der Waals surface area contributed by atoms with Gasteiger partial charge in [0.15, 0.2) is 0 Å². The molecule has 3 aromatic rings. The molecule has 0 radical (unpaired) electrons. The number of alkyl halides is 6. The van der Waals surface area contributed by atoms with Crippen LogP contribution in [0.25, 0.3) is 16.6 Å². The summed E-state index contributed by atoms with van der Waals surface area (Å²) in [4.78, 5) is 16.4. The first-order valence-corrected chi connectivity index (χ1v) is 14.3. The first-order chi connectivity index (χ1) is 19.5. The molecular weight excluding hydrogens is 580 g/mol. The lowest BCUT2D eigenvalue weighted by molar-refractivity contribution is -0.347. The molecule has 0 unspecified atom stereocenters. The zero-order chi connectivity index (χ0) is 31.5. The Labute approximate surface area is 245 Å². The van der Waals surface area contributed by atoms with Crippen LogP contribution in [-0.4, -0.2) is 40.6 Å². The summed E-state index contributed by atoms with van der Waals surface area (Å²) in [6.45, 7) is 9.64. The van der Waals surface area contributed by atoms with Crippen LogP contribution in [0.5, 0.6) is 0 Å². The van der Waals surface area contributed by atoms with Crippen LogP contribution in [0.1, 0.15) is 67.1 Å². The van der Waals surface area contributed by atoms with Crippen molar-refractivity contribution in [2.75, 3.05) is 6.61 Å². The molecule has 42 heavy (non-hydrogen) atoms. The van der Waals surface area contributed by atoms with Crippen molar-refractivity contribution in [3.63, 3.8) is 0 Å². The topological polar surface area (TPSA) is 59.4 Å². The molecule has 2 aromatic carbocycles. The molecule has 1 aromatic heterocycles. The third-order valence-corrected chi connectivity index (χ3v) is 8.51. The van der Waals surface area contributed by atoms with Crippen LogP contribution >= 0.6 is 11.3 Å². The summed E-state index contributed by atoms with van der Waals surface area (Å²) in [5.41, 5.74) is -0.477. The number of aromatic nitrogens is 1. The minimum atomic E-state index is -5.93. The van der Waals surface area contributed by atoms with E-state index >= 15 is 0 Å². The van der Waals surface area contributed by atoms with Crippen molar-refractivity contribution in [1.29, 1.82) is 0 Å². The molecule has 0 atom stereocenters. The Hall–Kier alpha value is -3.18. The maximum atomic E-state index is 13.1. The van der Waals surface area contributed by atoms with Gasteiger partial charge in [-0.3, -0.25) is 4.79 Å². The maximum absolute atomic E-state index is 13.1. The zero-order valence-corrected chi connectivity index (χ0v) is 24.7. The Bertz CT molecular complexity index is 1420. The summed E-state index contributed by atoms with van der Waals surface area (Å²) in [6.07, 6.45) is -10.0. The molecule has 0 fully saturated rings. The molecular formula is C31H33F6NO3S. The van der Waals surface area contributed by atoms with Crippen molar-refractivity contribution in [2.24, 2.45) is 0 Å². The molecule has 0 saturated heterocycles. The predicted molar refractivity (Wildman–Crippen MR) is 151 cm³/mol. The first-order valence-electron chi connectivity index (χ1n) is 13.4. The highest BCUT2D eigenvalue weighted by Gasteiger charge is 2.68. The van der Waals surface area contributed by atoms with E-state index in [0.29, 0.717) is 36.8 Å². The molecule has 1 heterocycles. The maximum Gasteiger partial charge on any atom is 0.430 e. The second-order valence-electron chi connectivity index (χ2n) is 10.1. The molecule has 0 saturated carbocycles. The third kappa shape index (κ3) is 6.57. The molecule has 11 heteroatoms. The molecule has 1 N–H and O–H groups in total. The van der Waals surface area contributed by atoms with E-state index in [2.05, 4.69) is 11.1 Å². The largest absolute Gasteiger partial charge is 0.466 e. The van der Waals surface area contributed by atoms with Crippen molar-refractivity contribution >= 4 is 23.4 Å². The number of nitrogens with zero attached hydrogens (tertiary/aromatic N) is 1. The standard InChI is InChI=1S/C31H33F6NO3S/c1-6-28(7-2,22-10-9-21(19(4)15-22)13-14-29(40,30(32,33)34)31(35,36)37)23-11-12-25(20(5)16-23)27-38-24(18-42-27)17-26(39)41-8-3/h9-16,18,40H,6-8,17H2,1-5H3. The van der Waals surface area contributed by atoms with Gasteiger partial charge in [0.05, 0.1) is 18.7 Å². The molecule has 4 nitrogen and oxygen atoms in total. The van der Waals surface area contributed by atoms with Gasteiger partial charge in [-0.15, -0.1) is 11.3 Å². The van der Waals surface area contributed by atoms with Crippen LogP contribution in [0.2, 0.25) is 0 Å². The van der Waals surface area contributed by atoms with Gasteiger partial charge >= 0.3 is 18.3 Å². The SMILES string of the molecule is CCOC(=O)Cc1csc(-c2ccc(C(CC)(CC)c3ccc(C=CC(O)(C(F)(F)F)C(F)(F)F)c(C)c3)cc2C)n1. The fourth-order valence-electron chi connectivity index (χ4n) is 5.03. The molecule has 0 aliphatic heterocycles. The minimum absolute atomic E-state index is 0.0898. The van der Waals surface area contributed by atoms with E-state index in [-0.39, 0.29) is 24.0 Å². The monoisotopic (exact) mass is 613 g/mol. The van der Waals surface area contributed by atoms with Crippen LogP contribution in [0, 0.1) is 13.8 Å². The van der Waals surface area contributed by atoms with Gasteiger partial charge in [-0.05, 0) is 67.5 Å². The van der Waals surface area contributed by atoms with Crippen molar-refractivity contribution in [3.8, 4) is 10.6 Å². The normalized spacial score (nSPS) is 13.1. The number of halogens is 6. The number of hydrogen-bond donors (Lipinski definition) is 1. The number of benzene rings is 2. The predicted octanol–water partition coefficient (Wildman–Crippen LogP) is 8.51. The quantitative estimate of drug-likeness (QED) is 0.184. The lowest BCUT2D eigenvalue weighted by Gasteiger charge is -2.34. The van der Waals surface area contributed by atoms with Gasteiger partial charge in [0.2, 0.25) is 0 Å². The van der Waals surface area contributed by atoms with E-state index in [1.807, 2.05) is 38.3 Å². The molecule has 0 spiro atoms. The number of aliphatic hydroxyl groups is 1. The fraction of sp³-hybridized carbons (Fsp3) is 0.419. The number of carbonyl (C=O) groups is 1. The van der Waals surface area contributed by atoms with Gasteiger partial charge < -0.3 is 9.84 Å². The number of carbonyl (C=O) groups excluding carboxylic acids is 1. The highest BCUT2D eigenvalue weighted by atomic mass is 32.1. The van der Waals surface area contributed by atoms with Crippen LogP contribution in [0.3, 0.4) is 0 Å². The lowest BCUT2D eigenvalue weighted by atomic mass is 9.69. The second kappa shape index (κ2) is 12.6. The average Bonchev–Trinajstić information content (AvgIpc) is 3.35. The number of ether oxygens (including phenoxy) is 1. The highest BCUT2D eigenvalue weighted by molar-refractivity contribution is 7.13. The second-order valence-corrected chi connectivity index (χ2v) is 11.0. The first kappa shape index (κ1) is 33.3. The van der Waals surface area contributed by atoms with Crippen LogP contribution in [-0.2, 0) is 21.4 Å². The molecule has 0 amide bonds. The third-order valence-electron chi connectivity index (χ3n) is 7.59. The van der Waals surface area contributed by atoms with E-state index in [0.717, 1.165) is 27.3 Å². The van der Waals surface area contributed by atoms with Gasteiger partial charge in [-0.25, -0.2) is 4.98 Å². The Morgan fingerprint density at radius 1 is 0.929 bits per heavy atom. The van der Waals surface area contributed by atoms with Crippen molar-refractivity contribution in [3.05, 3.63) is 81.4 Å². The van der Waals surface area contributed by atoms with Crippen molar-refractivity contribution < 1.29 is 41.0 Å². The van der Waals surface area contributed by atoms with Gasteiger partial charge in [-0.2, -0.15) is 26.3 Å². The summed E-state index contributed by atoms with van der Waals surface area (Å²) in [5, 5.41) is 12.1. The van der Waals surface area contributed by atoms with E-state index < -0.39 is 23.4 Å². The van der Waals surface area contributed by atoms with Crippen molar-refractivity contribution in [1.82, 2.24) is 4.98 Å². The van der Waals surface area contributed by atoms with Gasteiger partial charge in [0.25, 0.3) is 5.60 Å². The number of hydrogen-bond acceptors (Lipinski definition) is 5. The summed E-state index contributed by atoms with van der Waals surface area (Å²) in [6, 6.07) is 11.0. The van der Waals surface area contributed by atoms with E-state index in [4.69, 9.17) is 4.74 Å². The van der Waals surface area contributed by atoms with Crippen molar-refractivity contribution in [2.45, 2.75) is 77.2 Å². The van der Waals surface area contributed by atoms with Gasteiger partial charge in [0, 0.05) is 16.4 Å². The Morgan fingerprint density at radius 2 is 1.50 bits per heavy atom.